The van der Waals surface area contributed by atoms with E-state index in [1.165, 1.54) is 38.5 Å². The average molecular weight is 238 g/mol. The van der Waals surface area contributed by atoms with E-state index in [-0.39, 0.29) is 0 Å². The minimum absolute atomic E-state index is 0.585. The van der Waals surface area contributed by atoms with Gasteiger partial charge in [-0.25, -0.2) is 0 Å². The first kappa shape index (κ1) is 12.7. The summed E-state index contributed by atoms with van der Waals surface area (Å²) < 4.78 is 5.96. The van der Waals surface area contributed by atoms with Crippen LogP contribution in [0.25, 0.3) is 0 Å². The lowest BCUT2D eigenvalue weighted by Gasteiger charge is -2.37. The molecular weight excluding hydrogens is 211 g/mol. The van der Waals surface area contributed by atoms with Crippen LogP contribution in [0.4, 0.5) is 0 Å². The van der Waals surface area contributed by atoms with Crippen LogP contribution >= 0.6 is 0 Å². The third-order valence-electron chi connectivity index (χ3n) is 4.90. The highest BCUT2D eigenvalue weighted by Gasteiger charge is 2.48. The van der Waals surface area contributed by atoms with E-state index in [0.29, 0.717) is 6.92 Å². The molecule has 2 saturated heterocycles. The number of rotatable bonds is 2. The van der Waals surface area contributed by atoms with E-state index in [1.807, 2.05) is 7.11 Å². The van der Waals surface area contributed by atoms with Gasteiger partial charge in [-0.05, 0) is 17.2 Å². The van der Waals surface area contributed by atoms with E-state index in [1.54, 1.807) is 0 Å². The van der Waals surface area contributed by atoms with Crippen LogP contribution in [0.1, 0.15) is 38.5 Å². The van der Waals surface area contributed by atoms with Gasteiger partial charge in [0.2, 0.25) is 0 Å². The summed E-state index contributed by atoms with van der Waals surface area (Å²) in [6, 6.07) is 0. The maximum absolute atomic E-state index is 5.96. The van der Waals surface area contributed by atoms with Crippen LogP contribution < -0.4 is 0 Å². The van der Waals surface area contributed by atoms with E-state index >= 15 is 0 Å². The van der Waals surface area contributed by atoms with Crippen LogP contribution in [-0.2, 0) is 4.65 Å². The van der Waals surface area contributed by atoms with Crippen molar-refractivity contribution < 1.29 is 4.65 Å². The lowest BCUT2D eigenvalue weighted by atomic mass is 9.51. The molecule has 92 valence electrons. The van der Waals surface area contributed by atoms with Gasteiger partial charge in [-0.3, -0.25) is 0 Å². The predicted octanol–water partition coefficient (Wildman–Crippen LogP) is 4.23. The highest BCUT2D eigenvalue weighted by molar-refractivity contribution is 6.88. The van der Waals surface area contributed by atoms with Gasteiger partial charge in [0, 0.05) is 15.2 Å². The molecule has 0 saturated carbocycles. The van der Waals surface area contributed by atoms with Gasteiger partial charge in [-0.2, -0.15) is 0 Å². The van der Waals surface area contributed by atoms with Crippen molar-refractivity contribution in [3.05, 3.63) is 0 Å². The molecule has 0 aliphatic carbocycles. The Kier molecular flexibility index (Phi) is 3.85. The summed E-state index contributed by atoms with van der Waals surface area (Å²) in [4.78, 5) is 0. The van der Waals surface area contributed by atoms with Crippen molar-refractivity contribution in [2.75, 3.05) is 7.11 Å². The quantitative estimate of drug-likeness (QED) is 0.654. The minimum Gasteiger partial charge on any atom is -0.438 e. The van der Waals surface area contributed by atoms with Crippen LogP contribution in [0.5, 0.6) is 0 Å². The summed E-state index contributed by atoms with van der Waals surface area (Å²) in [7, 11) is 0.873. The number of hydrogen-bond acceptors (Lipinski definition) is 1. The lowest BCUT2D eigenvalue weighted by molar-refractivity contribution is 0.393. The Hall–Kier alpha value is 0.242. The zero-order valence-corrected chi connectivity index (χ0v) is 12.5. The molecule has 2 aliphatic rings. The summed E-state index contributed by atoms with van der Waals surface area (Å²) in [5.74, 6) is 1.85. The zero-order valence-electron chi connectivity index (χ0n) is 11.5. The average Bonchev–Trinajstić information content (AvgIpc) is 2.42. The van der Waals surface area contributed by atoms with Crippen LogP contribution in [0.2, 0.25) is 30.9 Å². The molecule has 0 aromatic rings. The first-order chi connectivity index (χ1) is 7.54. The molecule has 0 radical (unpaired) electrons. The summed E-state index contributed by atoms with van der Waals surface area (Å²) in [5, 5.41) is 0. The Labute approximate surface area is 102 Å². The van der Waals surface area contributed by atoms with Crippen LogP contribution in [0.3, 0.4) is 0 Å². The summed E-state index contributed by atoms with van der Waals surface area (Å²) >= 11 is 0. The van der Waals surface area contributed by atoms with Gasteiger partial charge in [0.05, 0.1) is 0 Å². The van der Waals surface area contributed by atoms with Crippen molar-refractivity contribution in [3.8, 4) is 0 Å². The minimum atomic E-state index is -1.08. The topological polar surface area (TPSA) is 9.23 Å². The highest BCUT2D eigenvalue weighted by Crippen LogP contribution is 2.50. The van der Waals surface area contributed by atoms with Crippen molar-refractivity contribution in [3.63, 3.8) is 0 Å². The van der Waals surface area contributed by atoms with E-state index in [4.69, 9.17) is 4.65 Å². The lowest BCUT2D eigenvalue weighted by Crippen LogP contribution is -2.44. The fourth-order valence-corrected chi connectivity index (χ4v) is 7.50. The van der Waals surface area contributed by atoms with E-state index in [2.05, 4.69) is 19.6 Å². The smallest absolute Gasteiger partial charge is 0.296 e. The number of fused-ring (bicyclic) bond motifs is 3. The second-order valence-corrected chi connectivity index (χ2v) is 12.4. The second-order valence-electron chi connectivity index (χ2n) is 6.97. The third-order valence-corrected chi connectivity index (χ3v) is 7.70. The molecule has 3 heteroatoms. The molecule has 1 atom stereocenters. The Bertz CT molecular complexity index is 229. The van der Waals surface area contributed by atoms with Crippen LogP contribution in [0.15, 0.2) is 0 Å². The van der Waals surface area contributed by atoms with Gasteiger partial charge in [-0.15, -0.1) is 0 Å². The number of hydrogen-bond donors (Lipinski definition) is 0. The molecule has 0 aromatic heterocycles. The van der Waals surface area contributed by atoms with Gasteiger partial charge in [0.15, 0.2) is 0 Å². The molecule has 16 heavy (non-hydrogen) atoms. The second kappa shape index (κ2) is 4.85. The van der Waals surface area contributed by atoms with Gasteiger partial charge in [0.1, 0.15) is 0 Å². The van der Waals surface area contributed by atoms with Gasteiger partial charge in [-0.1, -0.05) is 58.2 Å². The Morgan fingerprint density at radius 3 is 2.00 bits per heavy atom. The highest BCUT2D eigenvalue weighted by atomic mass is 28.3. The third kappa shape index (κ3) is 2.40. The van der Waals surface area contributed by atoms with Crippen molar-refractivity contribution >= 4 is 15.0 Å². The molecule has 1 nitrogen and oxygen atoms in total. The van der Waals surface area contributed by atoms with Gasteiger partial charge < -0.3 is 4.65 Å². The first-order valence-electron chi connectivity index (χ1n) is 7.07. The standard InChI is InChI=1S/C13H27BOSi/c1-15-14-12-9-5-7-11(8-6-10-12)13(14)16(2,3)4/h11-13H,5-10H2,1-4H3/t11?,12?,13-/m0/s1. The maximum atomic E-state index is 5.96. The molecule has 0 aromatic carbocycles. The normalized spacial score (nSPS) is 36.0. The van der Waals surface area contributed by atoms with E-state index in [0.717, 1.165) is 17.2 Å². The molecule has 2 bridgehead atoms. The molecular formula is C13H27BOSi. The Balaban J connectivity index is 2.29. The molecule has 2 fully saturated rings. The van der Waals surface area contributed by atoms with Crippen molar-refractivity contribution in [2.24, 2.45) is 5.92 Å². The molecule has 0 unspecified atom stereocenters. The van der Waals surface area contributed by atoms with Crippen LogP contribution in [0, 0.1) is 5.92 Å². The van der Waals surface area contributed by atoms with Crippen molar-refractivity contribution in [1.82, 2.24) is 0 Å². The monoisotopic (exact) mass is 238 g/mol. The molecule has 0 amide bonds. The van der Waals surface area contributed by atoms with E-state index in [9.17, 15) is 0 Å². The predicted molar refractivity (Wildman–Crippen MR) is 74.8 cm³/mol. The molecule has 0 spiro atoms. The van der Waals surface area contributed by atoms with Gasteiger partial charge in [0.25, 0.3) is 6.92 Å². The zero-order chi connectivity index (χ0) is 11.8. The van der Waals surface area contributed by atoms with Gasteiger partial charge >= 0.3 is 0 Å². The summed E-state index contributed by atoms with van der Waals surface area (Å²) in [6.45, 7) is 8.22. The summed E-state index contributed by atoms with van der Waals surface area (Å²) in [5.41, 5.74) is 0.910. The summed E-state index contributed by atoms with van der Waals surface area (Å²) in [6.07, 6.45) is 8.72. The van der Waals surface area contributed by atoms with Crippen molar-refractivity contribution in [1.29, 1.82) is 0 Å². The van der Waals surface area contributed by atoms with Crippen molar-refractivity contribution in [2.45, 2.75) is 69.4 Å². The molecule has 2 rings (SSSR count). The fraction of sp³-hybridized carbons (Fsp3) is 1.00. The largest absolute Gasteiger partial charge is 0.438 e. The fourth-order valence-electron chi connectivity index (χ4n) is 4.36. The maximum Gasteiger partial charge on any atom is 0.296 e. The Morgan fingerprint density at radius 1 is 1.00 bits per heavy atom. The molecule has 2 heterocycles. The van der Waals surface area contributed by atoms with Crippen LogP contribution in [-0.4, -0.2) is 22.1 Å². The Morgan fingerprint density at radius 2 is 1.56 bits per heavy atom. The SMILES string of the molecule is COB1C2CCCC(CCC2)[C@@H]1[Si](C)(C)C. The molecule has 0 N–H and O–H groups in total. The molecule has 2 aliphatic heterocycles. The first-order valence-corrected chi connectivity index (χ1v) is 10.6. The van der Waals surface area contributed by atoms with E-state index < -0.39 is 8.07 Å².